The lowest BCUT2D eigenvalue weighted by Gasteiger charge is -2.51. The Morgan fingerprint density at radius 1 is 1.09 bits per heavy atom. The summed E-state index contributed by atoms with van der Waals surface area (Å²) in [6, 6.07) is 14.2. The van der Waals surface area contributed by atoms with Gasteiger partial charge in [-0.05, 0) is 76.2 Å². The minimum Gasteiger partial charge on any atom is -0.317 e. The zero-order valence-electron chi connectivity index (χ0n) is 20.8. The summed E-state index contributed by atoms with van der Waals surface area (Å²) in [5.41, 5.74) is 1.09. The van der Waals surface area contributed by atoms with Gasteiger partial charge < -0.3 is 15.1 Å². The van der Waals surface area contributed by atoms with Gasteiger partial charge in [0.05, 0.1) is 5.54 Å². The third-order valence-corrected chi connectivity index (χ3v) is 8.57. The molecule has 0 atom stereocenters. The van der Waals surface area contributed by atoms with Crippen LogP contribution in [0.25, 0.3) is 0 Å². The van der Waals surface area contributed by atoms with Crippen molar-refractivity contribution < 1.29 is 9.59 Å². The van der Waals surface area contributed by atoms with Gasteiger partial charge in [0.2, 0.25) is 5.91 Å². The first-order valence-corrected chi connectivity index (χ1v) is 12.8. The van der Waals surface area contributed by atoms with Gasteiger partial charge in [-0.2, -0.15) is 5.10 Å². The molecule has 186 valence electrons. The Morgan fingerprint density at radius 2 is 1.83 bits per heavy atom. The SMILES string of the molecule is CN(C)C1(c2ccccc2)CCC2(CC1)CN(CC(=O)Nc1cccnn1)C(=O)N2CC1CCC1. The average molecular weight is 477 g/mol. The number of carbonyl (C=O) groups excluding carboxylic acids is 2. The number of benzene rings is 1. The van der Waals surface area contributed by atoms with E-state index in [0.717, 1.165) is 32.2 Å². The second-order valence-corrected chi connectivity index (χ2v) is 10.7. The Labute approximate surface area is 207 Å². The molecule has 3 amide bonds. The van der Waals surface area contributed by atoms with E-state index >= 15 is 0 Å². The molecule has 2 saturated carbocycles. The number of hydrogen-bond acceptors (Lipinski definition) is 5. The third-order valence-electron chi connectivity index (χ3n) is 8.57. The van der Waals surface area contributed by atoms with Crippen LogP contribution in [-0.4, -0.2) is 76.1 Å². The van der Waals surface area contributed by atoms with Crippen LogP contribution in [-0.2, 0) is 10.3 Å². The van der Waals surface area contributed by atoms with Gasteiger partial charge in [-0.15, -0.1) is 5.10 Å². The molecule has 1 aliphatic heterocycles. The number of hydrogen-bond donors (Lipinski definition) is 1. The van der Waals surface area contributed by atoms with E-state index in [4.69, 9.17) is 0 Å². The Bertz CT molecular complexity index is 1030. The molecule has 1 saturated heterocycles. The standard InChI is InChI=1S/C27H36N6O2/c1-31(2)27(22-10-4-3-5-11-22)15-13-26(14-16-27)20-32(25(35)33(26)18-21-8-6-9-21)19-24(34)29-23-12-7-17-28-30-23/h3-5,7,10-12,17,21H,6,8-9,13-16,18-20H2,1-2H3,(H,29,30,34). The molecule has 2 heterocycles. The van der Waals surface area contributed by atoms with Crippen molar-refractivity contribution in [3.05, 3.63) is 54.2 Å². The van der Waals surface area contributed by atoms with E-state index in [1.807, 2.05) is 0 Å². The normalized spacial score (nSPS) is 26.9. The Hall–Kier alpha value is -3.00. The fraction of sp³-hybridized carbons (Fsp3) is 0.556. The van der Waals surface area contributed by atoms with E-state index in [-0.39, 0.29) is 29.6 Å². The summed E-state index contributed by atoms with van der Waals surface area (Å²) in [6.45, 7) is 1.45. The van der Waals surface area contributed by atoms with Crippen LogP contribution >= 0.6 is 0 Å². The number of amides is 3. The molecule has 1 N–H and O–H groups in total. The van der Waals surface area contributed by atoms with Gasteiger partial charge in [0.25, 0.3) is 0 Å². The molecular weight excluding hydrogens is 440 g/mol. The van der Waals surface area contributed by atoms with Crippen LogP contribution in [0.1, 0.15) is 50.5 Å². The van der Waals surface area contributed by atoms with E-state index in [1.54, 1.807) is 23.2 Å². The molecule has 1 spiro atoms. The summed E-state index contributed by atoms with van der Waals surface area (Å²) >= 11 is 0. The molecule has 2 aromatic rings. The molecule has 8 heteroatoms. The summed E-state index contributed by atoms with van der Waals surface area (Å²) in [5, 5.41) is 10.5. The van der Waals surface area contributed by atoms with E-state index in [2.05, 4.69) is 69.7 Å². The highest BCUT2D eigenvalue weighted by Crippen LogP contribution is 2.49. The first kappa shape index (κ1) is 23.7. The fourth-order valence-electron chi connectivity index (χ4n) is 6.23. The largest absolute Gasteiger partial charge is 0.321 e. The zero-order chi connectivity index (χ0) is 24.5. The minimum absolute atomic E-state index is 0.00302. The fourth-order valence-corrected chi connectivity index (χ4v) is 6.23. The molecule has 3 aliphatic rings. The lowest BCUT2D eigenvalue weighted by atomic mass is 9.68. The molecule has 0 bridgehead atoms. The number of nitrogens with zero attached hydrogens (tertiary/aromatic N) is 5. The molecule has 2 aliphatic carbocycles. The van der Waals surface area contributed by atoms with Crippen LogP contribution in [0.15, 0.2) is 48.7 Å². The van der Waals surface area contributed by atoms with Crippen molar-refractivity contribution in [1.82, 2.24) is 24.9 Å². The maximum Gasteiger partial charge on any atom is 0.321 e. The van der Waals surface area contributed by atoms with Crippen molar-refractivity contribution in [1.29, 1.82) is 0 Å². The zero-order valence-corrected chi connectivity index (χ0v) is 20.8. The molecule has 35 heavy (non-hydrogen) atoms. The average Bonchev–Trinajstić information content (AvgIpc) is 3.08. The lowest BCUT2D eigenvalue weighted by Crippen LogP contribution is -2.56. The summed E-state index contributed by atoms with van der Waals surface area (Å²) in [5.74, 6) is 0.752. The molecule has 0 unspecified atom stereocenters. The summed E-state index contributed by atoms with van der Waals surface area (Å²) in [7, 11) is 4.33. The molecule has 8 nitrogen and oxygen atoms in total. The second kappa shape index (κ2) is 9.57. The smallest absolute Gasteiger partial charge is 0.317 e. The monoisotopic (exact) mass is 476 g/mol. The highest BCUT2D eigenvalue weighted by Gasteiger charge is 2.55. The highest BCUT2D eigenvalue weighted by molar-refractivity contribution is 5.94. The molecule has 1 aromatic carbocycles. The Morgan fingerprint density at radius 3 is 2.43 bits per heavy atom. The number of urea groups is 1. The van der Waals surface area contributed by atoms with Crippen LogP contribution in [0, 0.1) is 5.92 Å². The van der Waals surface area contributed by atoms with E-state index < -0.39 is 0 Å². The van der Waals surface area contributed by atoms with Crippen molar-refractivity contribution in [2.24, 2.45) is 5.92 Å². The van der Waals surface area contributed by atoms with Crippen molar-refractivity contribution in [2.45, 2.75) is 56.0 Å². The topological polar surface area (TPSA) is 81.7 Å². The first-order chi connectivity index (χ1) is 16.9. The maximum absolute atomic E-state index is 13.6. The first-order valence-electron chi connectivity index (χ1n) is 12.8. The summed E-state index contributed by atoms with van der Waals surface area (Å²) < 4.78 is 0. The Balaban J connectivity index is 1.34. The van der Waals surface area contributed by atoms with Gasteiger partial charge in [0.1, 0.15) is 6.54 Å². The van der Waals surface area contributed by atoms with Crippen molar-refractivity contribution in [3.63, 3.8) is 0 Å². The predicted octanol–water partition coefficient (Wildman–Crippen LogP) is 3.72. The molecule has 3 fully saturated rings. The highest BCUT2D eigenvalue weighted by atomic mass is 16.2. The molecule has 0 radical (unpaired) electrons. The number of rotatable bonds is 7. The molecular formula is C27H36N6O2. The number of carbonyl (C=O) groups is 2. The lowest BCUT2D eigenvalue weighted by molar-refractivity contribution is -0.116. The van der Waals surface area contributed by atoms with Crippen LogP contribution in [0.2, 0.25) is 0 Å². The number of anilines is 1. The predicted molar refractivity (Wildman–Crippen MR) is 135 cm³/mol. The number of aromatic nitrogens is 2. The number of nitrogens with one attached hydrogen (secondary N) is 1. The molecule has 1 aromatic heterocycles. The maximum atomic E-state index is 13.6. The minimum atomic E-state index is -0.234. The summed E-state index contributed by atoms with van der Waals surface area (Å²) in [4.78, 5) is 32.6. The van der Waals surface area contributed by atoms with Crippen molar-refractivity contribution in [3.8, 4) is 0 Å². The Kier molecular flexibility index (Phi) is 6.49. The van der Waals surface area contributed by atoms with Crippen molar-refractivity contribution in [2.75, 3.05) is 39.0 Å². The van der Waals surface area contributed by atoms with Crippen LogP contribution in [0.5, 0.6) is 0 Å². The van der Waals surface area contributed by atoms with Gasteiger partial charge in [0, 0.05) is 24.8 Å². The van der Waals surface area contributed by atoms with Crippen LogP contribution < -0.4 is 5.32 Å². The van der Waals surface area contributed by atoms with E-state index in [9.17, 15) is 9.59 Å². The van der Waals surface area contributed by atoms with Gasteiger partial charge in [-0.1, -0.05) is 36.8 Å². The van der Waals surface area contributed by atoms with Gasteiger partial charge in [-0.3, -0.25) is 9.69 Å². The second-order valence-electron chi connectivity index (χ2n) is 10.7. The van der Waals surface area contributed by atoms with Crippen LogP contribution in [0.3, 0.4) is 0 Å². The van der Waals surface area contributed by atoms with E-state index in [1.165, 1.54) is 24.8 Å². The molecule has 5 rings (SSSR count). The van der Waals surface area contributed by atoms with Gasteiger partial charge in [-0.25, -0.2) is 4.79 Å². The summed E-state index contributed by atoms with van der Waals surface area (Å²) in [6.07, 6.45) is 9.03. The third kappa shape index (κ3) is 4.51. The van der Waals surface area contributed by atoms with Crippen molar-refractivity contribution >= 4 is 17.8 Å². The van der Waals surface area contributed by atoms with Gasteiger partial charge >= 0.3 is 6.03 Å². The van der Waals surface area contributed by atoms with Crippen LogP contribution in [0.4, 0.5) is 10.6 Å². The van der Waals surface area contributed by atoms with Gasteiger partial charge in [0.15, 0.2) is 5.82 Å². The quantitative estimate of drug-likeness (QED) is 0.659. The van der Waals surface area contributed by atoms with E-state index in [0.29, 0.717) is 18.3 Å².